The van der Waals surface area contributed by atoms with E-state index in [-0.39, 0.29) is 4.90 Å². The van der Waals surface area contributed by atoms with Gasteiger partial charge in [0.15, 0.2) is 11.1 Å². The lowest BCUT2D eigenvalue weighted by molar-refractivity contribution is 0.564. The van der Waals surface area contributed by atoms with Crippen molar-refractivity contribution in [3.05, 3.63) is 15.8 Å². The van der Waals surface area contributed by atoms with Crippen LogP contribution in [0, 0.1) is 18.3 Å². The van der Waals surface area contributed by atoms with Gasteiger partial charge in [-0.1, -0.05) is 0 Å². The van der Waals surface area contributed by atoms with Gasteiger partial charge in [0.1, 0.15) is 6.07 Å². The minimum atomic E-state index is -2.03. The fourth-order valence-electron chi connectivity index (χ4n) is 0.738. The van der Waals surface area contributed by atoms with Crippen LogP contribution >= 0.6 is 11.3 Å². The average Bonchev–Trinajstić information content (AvgIpc) is 2.30. The summed E-state index contributed by atoms with van der Waals surface area (Å²) in [6.45, 7) is 1.72. The van der Waals surface area contributed by atoms with Crippen LogP contribution in [0.15, 0.2) is 10.3 Å². The molecule has 0 spiro atoms. The Morgan fingerprint density at radius 2 is 2.45 bits per heavy atom. The zero-order chi connectivity index (χ0) is 8.43. The molecule has 0 aromatic carbocycles. The highest BCUT2D eigenvalue weighted by atomic mass is 32.2. The van der Waals surface area contributed by atoms with Crippen LogP contribution in [0.5, 0.6) is 0 Å². The minimum absolute atomic E-state index is 0.248. The Labute approximate surface area is 70.6 Å². The van der Waals surface area contributed by atoms with Gasteiger partial charge in [0.25, 0.3) is 0 Å². The van der Waals surface area contributed by atoms with Crippen molar-refractivity contribution in [2.45, 2.75) is 11.8 Å². The summed E-state index contributed by atoms with van der Waals surface area (Å²) in [5.74, 6) is 0. The number of thiophene rings is 1. The standard InChI is InChI=1S/C6H5NO2S2/c1-4-6(11(8)9)5(2-7)3-10-4/h3H,1H3,(H,8,9). The molecule has 1 unspecified atom stereocenters. The van der Waals surface area contributed by atoms with Crippen LogP contribution in [-0.4, -0.2) is 8.76 Å². The Balaban J connectivity index is 3.32. The van der Waals surface area contributed by atoms with E-state index < -0.39 is 11.1 Å². The van der Waals surface area contributed by atoms with E-state index in [1.54, 1.807) is 12.3 Å². The van der Waals surface area contributed by atoms with E-state index in [0.29, 0.717) is 5.56 Å². The molecule has 58 valence electrons. The number of nitrogens with zero attached hydrogens (tertiary/aromatic N) is 1. The molecule has 0 aliphatic carbocycles. The highest BCUT2D eigenvalue weighted by Gasteiger charge is 2.12. The summed E-state index contributed by atoms with van der Waals surface area (Å²) in [5, 5.41) is 10.1. The third-order valence-electron chi connectivity index (χ3n) is 1.21. The van der Waals surface area contributed by atoms with E-state index in [1.165, 1.54) is 11.3 Å². The Kier molecular flexibility index (Phi) is 2.39. The Hall–Kier alpha value is -0.700. The molecule has 1 atom stereocenters. The zero-order valence-electron chi connectivity index (χ0n) is 5.70. The molecule has 0 aliphatic heterocycles. The molecule has 0 aliphatic rings. The average molecular weight is 187 g/mol. The lowest BCUT2D eigenvalue weighted by atomic mass is 10.3. The second-order valence-corrected chi connectivity index (χ2v) is 3.89. The fourth-order valence-corrected chi connectivity index (χ4v) is 2.39. The summed E-state index contributed by atoms with van der Waals surface area (Å²) in [5.41, 5.74) is 0.299. The van der Waals surface area contributed by atoms with E-state index in [2.05, 4.69) is 0 Å². The maximum atomic E-state index is 10.6. The smallest absolute Gasteiger partial charge is 0.189 e. The molecule has 1 aromatic rings. The third kappa shape index (κ3) is 1.48. The molecule has 3 nitrogen and oxygen atoms in total. The summed E-state index contributed by atoms with van der Waals surface area (Å²) < 4.78 is 19.4. The third-order valence-corrected chi connectivity index (χ3v) is 3.13. The van der Waals surface area contributed by atoms with Gasteiger partial charge in [0, 0.05) is 10.3 Å². The van der Waals surface area contributed by atoms with Crippen LogP contribution in [0.1, 0.15) is 10.4 Å². The summed E-state index contributed by atoms with van der Waals surface area (Å²) in [4.78, 5) is 0.972. The van der Waals surface area contributed by atoms with Crippen LogP contribution < -0.4 is 0 Å². The first-order chi connectivity index (χ1) is 5.16. The van der Waals surface area contributed by atoms with E-state index in [1.807, 2.05) is 6.07 Å². The summed E-state index contributed by atoms with van der Waals surface area (Å²) in [6, 6.07) is 1.86. The van der Waals surface area contributed by atoms with Crippen molar-refractivity contribution in [1.29, 1.82) is 5.26 Å². The summed E-state index contributed by atoms with van der Waals surface area (Å²) in [7, 11) is 0. The number of rotatable bonds is 1. The van der Waals surface area contributed by atoms with Gasteiger partial charge in [-0.2, -0.15) is 5.26 Å². The van der Waals surface area contributed by atoms with Crippen molar-refractivity contribution in [3.8, 4) is 6.07 Å². The highest BCUT2D eigenvalue weighted by Crippen LogP contribution is 2.23. The van der Waals surface area contributed by atoms with Gasteiger partial charge >= 0.3 is 0 Å². The molecule has 1 N–H and O–H groups in total. The Morgan fingerprint density at radius 3 is 2.82 bits per heavy atom. The highest BCUT2D eigenvalue weighted by molar-refractivity contribution is 7.79. The van der Waals surface area contributed by atoms with E-state index >= 15 is 0 Å². The molecule has 1 aromatic heterocycles. The Morgan fingerprint density at radius 1 is 1.82 bits per heavy atom. The quantitative estimate of drug-likeness (QED) is 0.678. The molecule has 11 heavy (non-hydrogen) atoms. The topological polar surface area (TPSA) is 61.1 Å². The normalized spacial score (nSPS) is 12.5. The molecule has 0 fully saturated rings. The Bertz CT molecular complexity index is 337. The second kappa shape index (κ2) is 3.13. The SMILES string of the molecule is Cc1scc(C#N)c1S(=O)O. The molecule has 0 amide bonds. The van der Waals surface area contributed by atoms with E-state index in [9.17, 15) is 4.21 Å². The van der Waals surface area contributed by atoms with Crippen molar-refractivity contribution in [3.63, 3.8) is 0 Å². The molecule has 1 heterocycles. The number of nitriles is 1. The molecule has 0 saturated carbocycles. The maximum Gasteiger partial charge on any atom is 0.189 e. The molecule has 0 bridgehead atoms. The predicted octanol–water partition coefficient (Wildman–Crippen LogP) is 1.51. The second-order valence-electron chi connectivity index (χ2n) is 1.90. The monoisotopic (exact) mass is 187 g/mol. The minimum Gasteiger partial charge on any atom is -0.302 e. The molecular weight excluding hydrogens is 182 g/mol. The lowest BCUT2D eigenvalue weighted by Crippen LogP contribution is -1.90. The predicted molar refractivity (Wildman–Crippen MR) is 42.8 cm³/mol. The summed E-state index contributed by atoms with van der Waals surface area (Å²) in [6.07, 6.45) is 0. The molecule has 0 radical (unpaired) electrons. The van der Waals surface area contributed by atoms with Gasteiger partial charge in [0.2, 0.25) is 0 Å². The largest absolute Gasteiger partial charge is 0.302 e. The van der Waals surface area contributed by atoms with Gasteiger partial charge in [-0.25, -0.2) is 4.21 Å². The van der Waals surface area contributed by atoms with E-state index in [4.69, 9.17) is 9.81 Å². The molecule has 5 heteroatoms. The number of aryl methyl sites for hydroxylation is 1. The van der Waals surface area contributed by atoms with Crippen molar-refractivity contribution in [2.24, 2.45) is 0 Å². The maximum absolute atomic E-state index is 10.6. The fraction of sp³-hybridized carbons (Fsp3) is 0.167. The van der Waals surface area contributed by atoms with Crippen molar-refractivity contribution in [1.82, 2.24) is 0 Å². The van der Waals surface area contributed by atoms with Gasteiger partial charge < -0.3 is 4.55 Å². The van der Waals surface area contributed by atoms with Crippen LogP contribution in [0.25, 0.3) is 0 Å². The first-order valence-corrected chi connectivity index (χ1v) is 4.74. The van der Waals surface area contributed by atoms with E-state index in [0.717, 1.165) is 4.88 Å². The first-order valence-electron chi connectivity index (χ1n) is 2.76. The molecule has 1 rings (SSSR count). The van der Waals surface area contributed by atoms with Crippen molar-refractivity contribution >= 4 is 22.4 Å². The van der Waals surface area contributed by atoms with Crippen molar-refractivity contribution in [2.75, 3.05) is 0 Å². The number of hydrogen-bond donors (Lipinski definition) is 1. The van der Waals surface area contributed by atoms with Crippen LogP contribution in [0.4, 0.5) is 0 Å². The van der Waals surface area contributed by atoms with Gasteiger partial charge in [0.05, 0.1) is 10.5 Å². The molecule has 0 saturated heterocycles. The van der Waals surface area contributed by atoms with Crippen LogP contribution in [-0.2, 0) is 11.1 Å². The number of hydrogen-bond acceptors (Lipinski definition) is 3. The first kappa shape index (κ1) is 8.40. The van der Waals surface area contributed by atoms with Crippen LogP contribution in [0.2, 0.25) is 0 Å². The summed E-state index contributed by atoms with van der Waals surface area (Å²) >= 11 is -0.725. The zero-order valence-corrected chi connectivity index (χ0v) is 7.33. The lowest BCUT2D eigenvalue weighted by Gasteiger charge is -1.90. The van der Waals surface area contributed by atoms with Crippen molar-refractivity contribution < 1.29 is 8.76 Å². The van der Waals surface area contributed by atoms with Gasteiger partial charge in [-0.3, -0.25) is 0 Å². The van der Waals surface area contributed by atoms with Crippen LogP contribution in [0.3, 0.4) is 0 Å². The molecular formula is C6H5NO2S2. The van der Waals surface area contributed by atoms with Gasteiger partial charge in [-0.15, -0.1) is 11.3 Å². The van der Waals surface area contributed by atoms with Gasteiger partial charge in [-0.05, 0) is 6.92 Å².